The summed E-state index contributed by atoms with van der Waals surface area (Å²) in [4.78, 5) is 0. The number of rotatable bonds is 4. The van der Waals surface area contributed by atoms with Crippen LogP contribution in [0.2, 0.25) is 0 Å². The second-order valence-electron chi connectivity index (χ2n) is 5.59. The highest BCUT2D eigenvalue weighted by molar-refractivity contribution is 5.33. The number of unbranched alkanes of at least 4 members (excludes halogenated alkanes) is 1. The summed E-state index contributed by atoms with van der Waals surface area (Å²) in [7, 11) is 0. The predicted molar refractivity (Wildman–Crippen MR) is 75.4 cm³/mol. The van der Waals surface area contributed by atoms with Gasteiger partial charge in [0.15, 0.2) is 0 Å². The van der Waals surface area contributed by atoms with Crippen LogP contribution < -0.4 is 0 Å². The molecule has 0 atom stereocenters. The summed E-state index contributed by atoms with van der Waals surface area (Å²) in [6.07, 6.45) is 9.61. The highest BCUT2D eigenvalue weighted by atomic mass is 14.3. The molecule has 0 radical (unpaired) electrons. The first-order chi connectivity index (χ1) is 8.83. The second-order valence-corrected chi connectivity index (χ2v) is 5.59. The SMILES string of the molecule is CCCCC1CCC(c2ccc(C#N)cc2)CC1. The van der Waals surface area contributed by atoms with Crippen molar-refractivity contribution in [3.63, 3.8) is 0 Å². The van der Waals surface area contributed by atoms with Gasteiger partial charge in [-0.2, -0.15) is 5.26 Å². The average molecular weight is 241 g/mol. The molecule has 0 N–H and O–H groups in total. The van der Waals surface area contributed by atoms with Crippen LogP contribution in [0.25, 0.3) is 0 Å². The number of hydrogen-bond donors (Lipinski definition) is 0. The molecule has 1 aliphatic carbocycles. The molecule has 0 bridgehead atoms. The van der Waals surface area contributed by atoms with Crippen LogP contribution in [0.5, 0.6) is 0 Å². The van der Waals surface area contributed by atoms with E-state index in [0.29, 0.717) is 0 Å². The van der Waals surface area contributed by atoms with Gasteiger partial charge in [0.05, 0.1) is 11.6 Å². The fourth-order valence-electron chi connectivity index (χ4n) is 3.11. The lowest BCUT2D eigenvalue weighted by Gasteiger charge is -2.28. The van der Waals surface area contributed by atoms with Gasteiger partial charge in [-0.25, -0.2) is 0 Å². The van der Waals surface area contributed by atoms with Gasteiger partial charge in [0.1, 0.15) is 0 Å². The predicted octanol–water partition coefficient (Wildman–Crippen LogP) is 5.02. The highest BCUT2D eigenvalue weighted by Crippen LogP contribution is 2.37. The molecule has 1 aromatic carbocycles. The maximum absolute atomic E-state index is 8.81. The highest BCUT2D eigenvalue weighted by Gasteiger charge is 2.21. The number of nitriles is 1. The van der Waals surface area contributed by atoms with Crippen LogP contribution in [0, 0.1) is 17.2 Å². The molecule has 1 saturated carbocycles. The van der Waals surface area contributed by atoms with Gasteiger partial charge >= 0.3 is 0 Å². The van der Waals surface area contributed by atoms with Crippen LogP contribution in [0.4, 0.5) is 0 Å². The fourth-order valence-corrected chi connectivity index (χ4v) is 3.11. The zero-order chi connectivity index (χ0) is 12.8. The maximum atomic E-state index is 8.81. The van der Waals surface area contributed by atoms with Crippen LogP contribution in [0.1, 0.15) is 68.9 Å². The van der Waals surface area contributed by atoms with Crippen molar-refractivity contribution in [2.75, 3.05) is 0 Å². The van der Waals surface area contributed by atoms with E-state index in [0.717, 1.165) is 17.4 Å². The van der Waals surface area contributed by atoms with Gasteiger partial charge < -0.3 is 0 Å². The average Bonchev–Trinajstić information content (AvgIpc) is 2.46. The van der Waals surface area contributed by atoms with Crippen molar-refractivity contribution >= 4 is 0 Å². The van der Waals surface area contributed by atoms with Gasteiger partial charge in [0.2, 0.25) is 0 Å². The van der Waals surface area contributed by atoms with E-state index in [1.54, 1.807) is 0 Å². The number of benzene rings is 1. The molecule has 1 nitrogen and oxygen atoms in total. The summed E-state index contributed by atoms with van der Waals surface area (Å²) >= 11 is 0. The summed E-state index contributed by atoms with van der Waals surface area (Å²) in [6.45, 7) is 2.28. The van der Waals surface area contributed by atoms with Gasteiger partial charge in [-0.15, -0.1) is 0 Å². The first-order valence-corrected chi connectivity index (χ1v) is 7.33. The zero-order valence-corrected chi connectivity index (χ0v) is 11.4. The largest absolute Gasteiger partial charge is 0.192 e. The minimum atomic E-state index is 0.732. The Balaban J connectivity index is 1.87. The van der Waals surface area contributed by atoms with E-state index in [2.05, 4.69) is 25.1 Å². The van der Waals surface area contributed by atoms with Crippen molar-refractivity contribution < 1.29 is 0 Å². The molecule has 0 aliphatic heterocycles. The molecule has 96 valence electrons. The zero-order valence-electron chi connectivity index (χ0n) is 11.4. The van der Waals surface area contributed by atoms with Gasteiger partial charge in [-0.3, -0.25) is 0 Å². The lowest BCUT2D eigenvalue weighted by atomic mass is 9.77. The van der Waals surface area contributed by atoms with Crippen LogP contribution >= 0.6 is 0 Å². The molecule has 1 aliphatic rings. The third-order valence-corrected chi connectivity index (χ3v) is 4.32. The topological polar surface area (TPSA) is 23.8 Å². The summed E-state index contributed by atoms with van der Waals surface area (Å²) < 4.78 is 0. The van der Waals surface area contributed by atoms with Crippen molar-refractivity contribution in [3.05, 3.63) is 35.4 Å². The molecular weight excluding hydrogens is 218 g/mol. The Hall–Kier alpha value is -1.29. The Kier molecular flexibility index (Phi) is 4.81. The molecule has 0 unspecified atom stereocenters. The van der Waals surface area contributed by atoms with Crippen molar-refractivity contribution in [2.24, 2.45) is 5.92 Å². The Labute approximate surface area is 111 Å². The van der Waals surface area contributed by atoms with Gasteiger partial charge in [-0.05, 0) is 55.2 Å². The molecule has 0 spiro atoms. The van der Waals surface area contributed by atoms with Crippen LogP contribution in [0.15, 0.2) is 24.3 Å². The minimum absolute atomic E-state index is 0.732. The Morgan fingerprint density at radius 2 is 1.78 bits per heavy atom. The van der Waals surface area contributed by atoms with Crippen LogP contribution in [-0.2, 0) is 0 Å². The third-order valence-electron chi connectivity index (χ3n) is 4.32. The number of hydrogen-bond acceptors (Lipinski definition) is 1. The Morgan fingerprint density at radius 1 is 1.11 bits per heavy atom. The van der Waals surface area contributed by atoms with Crippen LogP contribution in [-0.4, -0.2) is 0 Å². The van der Waals surface area contributed by atoms with Crippen molar-refractivity contribution in [2.45, 2.75) is 57.8 Å². The second kappa shape index (κ2) is 6.59. The van der Waals surface area contributed by atoms with E-state index in [1.165, 1.54) is 50.5 Å². The molecule has 2 rings (SSSR count). The summed E-state index contributed by atoms with van der Waals surface area (Å²) in [5.41, 5.74) is 2.21. The standard InChI is InChI=1S/C17H23N/c1-2-3-4-14-5-9-16(10-6-14)17-11-7-15(13-18)8-12-17/h7-8,11-12,14,16H,2-6,9-10H2,1H3. The quantitative estimate of drug-likeness (QED) is 0.726. The van der Waals surface area contributed by atoms with Gasteiger partial charge in [0.25, 0.3) is 0 Å². The van der Waals surface area contributed by atoms with Gasteiger partial charge in [-0.1, -0.05) is 38.3 Å². The Morgan fingerprint density at radius 3 is 2.33 bits per heavy atom. The summed E-state index contributed by atoms with van der Waals surface area (Å²) in [6, 6.07) is 10.4. The van der Waals surface area contributed by atoms with E-state index >= 15 is 0 Å². The molecular formula is C17H23N. The summed E-state index contributed by atoms with van der Waals surface area (Å²) in [5, 5.41) is 8.81. The maximum Gasteiger partial charge on any atom is 0.0991 e. The van der Waals surface area contributed by atoms with E-state index in [4.69, 9.17) is 5.26 Å². The van der Waals surface area contributed by atoms with E-state index in [9.17, 15) is 0 Å². The molecule has 0 saturated heterocycles. The van der Waals surface area contributed by atoms with Crippen LogP contribution in [0.3, 0.4) is 0 Å². The fraction of sp³-hybridized carbons (Fsp3) is 0.588. The van der Waals surface area contributed by atoms with Crippen molar-refractivity contribution in [3.8, 4) is 6.07 Å². The monoisotopic (exact) mass is 241 g/mol. The van der Waals surface area contributed by atoms with E-state index < -0.39 is 0 Å². The summed E-state index contributed by atoms with van der Waals surface area (Å²) in [5.74, 6) is 1.70. The van der Waals surface area contributed by atoms with E-state index in [1.807, 2.05) is 12.1 Å². The lowest BCUT2D eigenvalue weighted by Crippen LogP contribution is -2.13. The number of nitrogens with zero attached hydrogens (tertiary/aromatic N) is 1. The van der Waals surface area contributed by atoms with E-state index in [-0.39, 0.29) is 0 Å². The molecule has 1 aromatic rings. The first kappa shape index (κ1) is 13.1. The van der Waals surface area contributed by atoms with Crippen molar-refractivity contribution in [1.82, 2.24) is 0 Å². The first-order valence-electron chi connectivity index (χ1n) is 7.33. The van der Waals surface area contributed by atoms with Crippen molar-refractivity contribution in [1.29, 1.82) is 5.26 Å². The smallest absolute Gasteiger partial charge is 0.0991 e. The third kappa shape index (κ3) is 3.35. The molecule has 1 heteroatoms. The molecule has 1 fully saturated rings. The molecule has 0 aromatic heterocycles. The minimum Gasteiger partial charge on any atom is -0.192 e. The normalized spacial score (nSPS) is 23.6. The Bertz CT molecular complexity index is 391. The van der Waals surface area contributed by atoms with Gasteiger partial charge in [0, 0.05) is 0 Å². The lowest BCUT2D eigenvalue weighted by molar-refractivity contribution is 0.304. The molecule has 0 heterocycles. The molecule has 0 amide bonds. The molecule has 18 heavy (non-hydrogen) atoms.